The first-order valence-corrected chi connectivity index (χ1v) is 8.30. The molecule has 21 heavy (non-hydrogen) atoms. The van der Waals surface area contributed by atoms with E-state index in [9.17, 15) is 8.78 Å². The van der Waals surface area contributed by atoms with Crippen LogP contribution in [-0.2, 0) is 6.42 Å². The van der Waals surface area contributed by atoms with E-state index in [0.29, 0.717) is 17.9 Å². The van der Waals surface area contributed by atoms with E-state index < -0.39 is 11.6 Å². The van der Waals surface area contributed by atoms with E-state index in [2.05, 4.69) is 19.1 Å². The van der Waals surface area contributed by atoms with Crippen molar-refractivity contribution in [1.82, 2.24) is 0 Å². The fourth-order valence-corrected chi connectivity index (χ4v) is 3.35. The van der Waals surface area contributed by atoms with Gasteiger partial charge in [-0.05, 0) is 62.0 Å². The second-order valence-corrected chi connectivity index (χ2v) is 6.25. The molecule has 1 saturated carbocycles. The van der Waals surface area contributed by atoms with Gasteiger partial charge in [-0.25, -0.2) is 8.78 Å². The molecule has 0 unspecified atom stereocenters. The van der Waals surface area contributed by atoms with Crippen LogP contribution in [-0.4, -0.2) is 0 Å². The maximum absolute atomic E-state index is 13.5. The molecule has 0 radical (unpaired) electrons. The van der Waals surface area contributed by atoms with Crippen LogP contribution in [0.15, 0.2) is 30.4 Å². The van der Waals surface area contributed by atoms with E-state index in [1.54, 1.807) is 12.1 Å². The summed E-state index contributed by atoms with van der Waals surface area (Å²) < 4.78 is 26.6. The van der Waals surface area contributed by atoms with Gasteiger partial charge < -0.3 is 0 Å². The Hall–Kier alpha value is -1.18. The molecule has 1 aromatic rings. The maximum Gasteiger partial charge on any atom is 0.162 e. The van der Waals surface area contributed by atoms with Gasteiger partial charge >= 0.3 is 0 Å². The van der Waals surface area contributed by atoms with Gasteiger partial charge in [-0.2, -0.15) is 0 Å². The minimum Gasteiger partial charge on any atom is -0.204 e. The van der Waals surface area contributed by atoms with E-state index in [4.69, 9.17) is 0 Å². The number of halogens is 2. The third-order valence-corrected chi connectivity index (χ3v) is 4.61. The summed E-state index contributed by atoms with van der Waals surface area (Å²) in [4.78, 5) is 0. The molecule has 0 nitrogen and oxygen atoms in total. The summed E-state index contributed by atoms with van der Waals surface area (Å²) in [7, 11) is 0. The first-order valence-electron chi connectivity index (χ1n) is 8.30. The fourth-order valence-electron chi connectivity index (χ4n) is 3.35. The molecular formula is C19H26F2. The highest BCUT2D eigenvalue weighted by Gasteiger charge is 2.18. The van der Waals surface area contributed by atoms with E-state index in [1.807, 2.05) is 0 Å². The van der Waals surface area contributed by atoms with Crippen LogP contribution in [0.3, 0.4) is 0 Å². The molecule has 0 spiro atoms. The van der Waals surface area contributed by atoms with E-state index >= 15 is 0 Å². The van der Waals surface area contributed by atoms with E-state index in [1.165, 1.54) is 44.6 Å². The van der Waals surface area contributed by atoms with Crippen LogP contribution in [0.25, 0.3) is 0 Å². The Morgan fingerprint density at radius 3 is 2.62 bits per heavy atom. The molecular weight excluding hydrogens is 266 g/mol. The van der Waals surface area contributed by atoms with Crippen molar-refractivity contribution in [2.75, 3.05) is 0 Å². The molecule has 1 fully saturated rings. The van der Waals surface area contributed by atoms with Crippen LogP contribution in [0.2, 0.25) is 0 Å². The van der Waals surface area contributed by atoms with Crippen LogP contribution >= 0.6 is 0 Å². The van der Waals surface area contributed by atoms with Gasteiger partial charge in [-0.15, -0.1) is 0 Å². The summed E-state index contributed by atoms with van der Waals surface area (Å²) in [5.74, 6) is 0.188. The summed E-state index contributed by atoms with van der Waals surface area (Å²) in [5.41, 5.74) is 0.478. The Morgan fingerprint density at radius 1 is 1.14 bits per heavy atom. The van der Waals surface area contributed by atoms with Crippen molar-refractivity contribution in [2.45, 2.75) is 58.3 Å². The normalized spacial score (nSPS) is 22.8. The number of hydrogen-bond donors (Lipinski definition) is 0. The molecule has 2 heteroatoms. The monoisotopic (exact) mass is 292 g/mol. The van der Waals surface area contributed by atoms with Gasteiger partial charge in [-0.1, -0.05) is 44.1 Å². The summed E-state index contributed by atoms with van der Waals surface area (Å²) >= 11 is 0. The van der Waals surface area contributed by atoms with Gasteiger partial charge in [0.25, 0.3) is 0 Å². The molecule has 0 heterocycles. The lowest BCUT2D eigenvalue weighted by atomic mass is 9.80. The van der Waals surface area contributed by atoms with Gasteiger partial charge in [0.15, 0.2) is 11.6 Å². The van der Waals surface area contributed by atoms with Crippen molar-refractivity contribution in [3.63, 3.8) is 0 Å². The third kappa shape index (κ3) is 4.94. The minimum absolute atomic E-state index is 0.478. The SMILES string of the molecule is CCC[C@H]1CC[C@H](C=CCCc2cccc(F)c2F)CC1. The predicted octanol–water partition coefficient (Wildman–Crippen LogP) is 6.06. The van der Waals surface area contributed by atoms with Crippen LogP contribution < -0.4 is 0 Å². The van der Waals surface area contributed by atoms with E-state index in [-0.39, 0.29) is 0 Å². The summed E-state index contributed by atoms with van der Waals surface area (Å²) in [6, 6.07) is 4.41. The second-order valence-electron chi connectivity index (χ2n) is 6.25. The highest BCUT2D eigenvalue weighted by atomic mass is 19.2. The first-order chi connectivity index (χ1) is 10.2. The average Bonchev–Trinajstić information content (AvgIpc) is 2.50. The third-order valence-electron chi connectivity index (χ3n) is 4.61. The lowest BCUT2D eigenvalue weighted by Crippen LogP contribution is -2.12. The maximum atomic E-state index is 13.5. The number of rotatable bonds is 6. The molecule has 0 amide bonds. The van der Waals surface area contributed by atoms with E-state index in [0.717, 1.165) is 12.3 Å². The first kappa shape index (κ1) is 16.2. The summed E-state index contributed by atoms with van der Waals surface area (Å²) in [6.07, 6.45) is 13.7. The predicted molar refractivity (Wildman–Crippen MR) is 84.2 cm³/mol. The molecule has 0 aliphatic heterocycles. The van der Waals surface area contributed by atoms with Crippen molar-refractivity contribution < 1.29 is 8.78 Å². The molecule has 0 aromatic heterocycles. The van der Waals surface area contributed by atoms with Crippen LogP contribution in [0.5, 0.6) is 0 Å². The molecule has 1 aromatic carbocycles. The lowest BCUT2D eigenvalue weighted by molar-refractivity contribution is 0.294. The molecule has 0 atom stereocenters. The highest BCUT2D eigenvalue weighted by molar-refractivity contribution is 5.19. The Balaban J connectivity index is 1.73. The smallest absolute Gasteiger partial charge is 0.162 e. The van der Waals surface area contributed by atoms with Gasteiger partial charge in [0.1, 0.15) is 0 Å². The Bertz CT molecular complexity index is 457. The zero-order valence-electron chi connectivity index (χ0n) is 13.0. The van der Waals surface area contributed by atoms with Crippen molar-refractivity contribution in [3.8, 4) is 0 Å². The van der Waals surface area contributed by atoms with Crippen LogP contribution in [0.1, 0.15) is 57.4 Å². The zero-order valence-corrected chi connectivity index (χ0v) is 13.0. The Morgan fingerprint density at radius 2 is 1.90 bits per heavy atom. The molecule has 0 saturated heterocycles. The molecule has 2 rings (SSSR count). The van der Waals surface area contributed by atoms with Gasteiger partial charge in [0.05, 0.1) is 0 Å². The highest BCUT2D eigenvalue weighted by Crippen LogP contribution is 2.32. The summed E-state index contributed by atoms with van der Waals surface area (Å²) in [5, 5.41) is 0. The van der Waals surface area contributed by atoms with Crippen LogP contribution in [0.4, 0.5) is 8.78 Å². The summed E-state index contributed by atoms with van der Waals surface area (Å²) in [6.45, 7) is 2.26. The molecule has 0 N–H and O–H groups in total. The van der Waals surface area contributed by atoms with Crippen molar-refractivity contribution in [1.29, 1.82) is 0 Å². The quantitative estimate of drug-likeness (QED) is 0.559. The van der Waals surface area contributed by atoms with Crippen molar-refractivity contribution in [2.24, 2.45) is 11.8 Å². The van der Waals surface area contributed by atoms with Crippen molar-refractivity contribution >= 4 is 0 Å². The molecule has 116 valence electrons. The van der Waals surface area contributed by atoms with Gasteiger partial charge in [0.2, 0.25) is 0 Å². The largest absolute Gasteiger partial charge is 0.204 e. The number of benzene rings is 1. The molecule has 1 aliphatic carbocycles. The Labute approximate surface area is 127 Å². The van der Waals surface area contributed by atoms with Crippen LogP contribution in [0, 0.1) is 23.5 Å². The number of aryl methyl sites for hydroxylation is 1. The average molecular weight is 292 g/mol. The standard InChI is InChI=1S/C19H26F2/c1-2-6-15-11-13-16(14-12-15)7-3-4-8-17-9-5-10-18(20)19(17)21/h3,5,7,9-10,15-16H,2,4,6,8,11-14H2,1H3/t15-,16-. The number of allylic oxidation sites excluding steroid dienone is 2. The topological polar surface area (TPSA) is 0 Å². The second kappa shape index (κ2) is 8.31. The van der Waals surface area contributed by atoms with Crippen molar-refractivity contribution in [3.05, 3.63) is 47.5 Å². The zero-order chi connectivity index (χ0) is 15.1. The minimum atomic E-state index is -0.745. The number of hydrogen-bond acceptors (Lipinski definition) is 0. The van der Waals surface area contributed by atoms with Gasteiger partial charge in [0, 0.05) is 0 Å². The Kier molecular flexibility index (Phi) is 6.41. The van der Waals surface area contributed by atoms with Gasteiger partial charge in [-0.3, -0.25) is 0 Å². The molecule has 0 bridgehead atoms. The lowest BCUT2D eigenvalue weighted by Gasteiger charge is -2.26. The molecule has 1 aliphatic rings. The fraction of sp³-hybridized carbons (Fsp3) is 0.579.